The molecule has 2 rings (SSSR count). The Balaban J connectivity index is 2.00. The van der Waals surface area contributed by atoms with E-state index in [1.807, 2.05) is 24.3 Å². The lowest BCUT2D eigenvalue weighted by Gasteiger charge is -2.34. The molecule has 2 amide bonds. The van der Waals surface area contributed by atoms with Gasteiger partial charge in [-0.05, 0) is 24.1 Å². The van der Waals surface area contributed by atoms with Crippen molar-refractivity contribution >= 4 is 17.7 Å². The van der Waals surface area contributed by atoms with E-state index in [2.05, 4.69) is 12.2 Å². The molecule has 1 saturated heterocycles. The van der Waals surface area contributed by atoms with Gasteiger partial charge in [0.2, 0.25) is 0 Å². The highest BCUT2D eigenvalue weighted by Gasteiger charge is 2.29. The lowest BCUT2D eigenvalue weighted by molar-refractivity contribution is -0.139. The number of aliphatic carboxylic acids is 1. The number of aryl methyl sites for hydroxylation is 1. The Bertz CT molecular complexity index is 501. The molecule has 1 atom stereocenters. The number of urea groups is 1. The number of nitrogens with one attached hydrogen (secondary N) is 1. The summed E-state index contributed by atoms with van der Waals surface area (Å²) in [5, 5.41) is 11.7. The molecule has 21 heavy (non-hydrogen) atoms. The van der Waals surface area contributed by atoms with Gasteiger partial charge in [-0.25, -0.2) is 4.79 Å². The molecule has 0 radical (unpaired) electrons. The molecule has 2 N–H and O–H groups in total. The van der Waals surface area contributed by atoms with Crippen LogP contribution >= 0.6 is 0 Å². The number of carboxylic acid groups (broad SMARTS) is 1. The fourth-order valence-corrected chi connectivity index (χ4v) is 2.31. The number of benzene rings is 1. The molecule has 0 aromatic heterocycles. The SMILES string of the molecule is CCc1ccc(NC(=O)N2CCOCC2CC(=O)O)cc1. The second-order valence-corrected chi connectivity index (χ2v) is 5.00. The summed E-state index contributed by atoms with van der Waals surface area (Å²) in [6.45, 7) is 3.15. The minimum atomic E-state index is -0.935. The summed E-state index contributed by atoms with van der Waals surface area (Å²) in [5.74, 6) is -0.935. The van der Waals surface area contributed by atoms with Gasteiger partial charge in [-0.2, -0.15) is 0 Å². The van der Waals surface area contributed by atoms with Gasteiger partial charge in [-0.1, -0.05) is 19.1 Å². The van der Waals surface area contributed by atoms with Gasteiger partial charge < -0.3 is 20.1 Å². The highest BCUT2D eigenvalue weighted by atomic mass is 16.5. The summed E-state index contributed by atoms with van der Waals surface area (Å²) >= 11 is 0. The summed E-state index contributed by atoms with van der Waals surface area (Å²) in [6, 6.07) is 6.92. The molecule has 0 bridgehead atoms. The smallest absolute Gasteiger partial charge is 0.322 e. The predicted molar refractivity (Wildman–Crippen MR) is 78.4 cm³/mol. The minimum Gasteiger partial charge on any atom is -0.481 e. The molecule has 1 heterocycles. The largest absolute Gasteiger partial charge is 0.481 e. The van der Waals surface area contributed by atoms with Crippen molar-refractivity contribution in [3.63, 3.8) is 0 Å². The number of morpholine rings is 1. The topological polar surface area (TPSA) is 78.9 Å². The fourth-order valence-electron chi connectivity index (χ4n) is 2.31. The first-order chi connectivity index (χ1) is 10.1. The van der Waals surface area contributed by atoms with Gasteiger partial charge in [-0.15, -0.1) is 0 Å². The van der Waals surface area contributed by atoms with Crippen LogP contribution < -0.4 is 5.32 Å². The Morgan fingerprint density at radius 2 is 2.10 bits per heavy atom. The first-order valence-electron chi connectivity index (χ1n) is 7.06. The van der Waals surface area contributed by atoms with E-state index in [4.69, 9.17) is 9.84 Å². The number of hydrogen-bond acceptors (Lipinski definition) is 3. The zero-order valence-electron chi connectivity index (χ0n) is 12.0. The van der Waals surface area contributed by atoms with Crippen LogP contribution in [0.5, 0.6) is 0 Å². The van der Waals surface area contributed by atoms with Crippen LogP contribution in [0.4, 0.5) is 10.5 Å². The summed E-state index contributed by atoms with van der Waals surface area (Å²) < 4.78 is 5.26. The molecule has 0 aliphatic carbocycles. The number of rotatable bonds is 4. The van der Waals surface area contributed by atoms with Crippen molar-refractivity contribution < 1.29 is 19.4 Å². The normalized spacial score (nSPS) is 18.3. The summed E-state index contributed by atoms with van der Waals surface area (Å²) in [6.07, 6.45) is 0.834. The van der Waals surface area contributed by atoms with Crippen molar-refractivity contribution in [1.82, 2.24) is 4.90 Å². The fraction of sp³-hybridized carbons (Fsp3) is 0.467. The number of carboxylic acids is 1. The van der Waals surface area contributed by atoms with Crippen LogP contribution in [0, 0.1) is 0 Å². The zero-order chi connectivity index (χ0) is 15.2. The maximum absolute atomic E-state index is 12.3. The van der Waals surface area contributed by atoms with Crippen LogP contribution in [-0.2, 0) is 16.0 Å². The van der Waals surface area contributed by atoms with Crippen molar-refractivity contribution in [2.45, 2.75) is 25.8 Å². The van der Waals surface area contributed by atoms with Gasteiger partial charge >= 0.3 is 12.0 Å². The molecule has 0 saturated carbocycles. The molecule has 6 nitrogen and oxygen atoms in total. The maximum atomic E-state index is 12.3. The number of nitrogens with zero attached hydrogens (tertiary/aromatic N) is 1. The number of ether oxygens (including phenoxy) is 1. The Kier molecular flexibility index (Phi) is 5.16. The third-order valence-corrected chi connectivity index (χ3v) is 3.51. The minimum absolute atomic E-state index is 0.109. The van der Waals surface area contributed by atoms with Crippen molar-refractivity contribution in [1.29, 1.82) is 0 Å². The van der Waals surface area contributed by atoms with E-state index in [0.29, 0.717) is 18.8 Å². The van der Waals surface area contributed by atoms with Crippen LogP contribution in [0.2, 0.25) is 0 Å². The third-order valence-electron chi connectivity index (χ3n) is 3.51. The lowest BCUT2D eigenvalue weighted by Crippen LogP contribution is -2.51. The molecule has 0 spiro atoms. The second-order valence-electron chi connectivity index (χ2n) is 5.00. The van der Waals surface area contributed by atoms with Gasteiger partial charge in [0, 0.05) is 12.2 Å². The van der Waals surface area contributed by atoms with Crippen molar-refractivity contribution in [3.05, 3.63) is 29.8 Å². The zero-order valence-corrected chi connectivity index (χ0v) is 12.0. The molecule has 1 unspecified atom stereocenters. The number of anilines is 1. The van der Waals surface area contributed by atoms with E-state index in [1.54, 1.807) is 0 Å². The maximum Gasteiger partial charge on any atom is 0.322 e. The summed E-state index contributed by atoms with van der Waals surface area (Å²) in [7, 11) is 0. The number of amides is 2. The lowest BCUT2D eigenvalue weighted by atomic mass is 10.1. The summed E-state index contributed by atoms with van der Waals surface area (Å²) in [5.41, 5.74) is 1.90. The molecule has 6 heteroatoms. The van der Waals surface area contributed by atoms with E-state index < -0.39 is 12.0 Å². The van der Waals surface area contributed by atoms with E-state index >= 15 is 0 Å². The average molecular weight is 292 g/mol. The molecule has 1 aromatic carbocycles. The van der Waals surface area contributed by atoms with Gasteiger partial charge in [0.15, 0.2) is 0 Å². The van der Waals surface area contributed by atoms with E-state index in [1.165, 1.54) is 10.5 Å². The van der Waals surface area contributed by atoms with Crippen molar-refractivity contribution in [2.24, 2.45) is 0 Å². The second kappa shape index (κ2) is 7.08. The summed E-state index contributed by atoms with van der Waals surface area (Å²) in [4.78, 5) is 24.7. The molecular formula is C15H20N2O4. The molecule has 1 aromatic rings. The molecule has 114 valence electrons. The van der Waals surface area contributed by atoms with Crippen LogP contribution in [0.15, 0.2) is 24.3 Å². The van der Waals surface area contributed by atoms with Crippen LogP contribution in [0.1, 0.15) is 18.9 Å². The van der Waals surface area contributed by atoms with Crippen LogP contribution in [-0.4, -0.2) is 47.8 Å². The Hall–Kier alpha value is -2.08. The van der Waals surface area contributed by atoms with E-state index in [-0.39, 0.29) is 19.1 Å². The van der Waals surface area contributed by atoms with Gasteiger partial charge in [-0.3, -0.25) is 4.79 Å². The highest BCUT2D eigenvalue weighted by Crippen LogP contribution is 2.15. The molecule has 1 aliphatic heterocycles. The number of carbonyl (C=O) groups is 2. The number of hydrogen-bond donors (Lipinski definition) is 2. The monoisotopic (exact) mass is 292 g/mol. The average Bonchev–Trinajstić information content (AvgIpc) is 2.48. The number of carbonyl (C=O) groups excluding carboxylic acids is 1. The van der Waals surface area contributed by atoms with E-state index in [9.17, 15) is 9.59 Å². The first kappa shape index (κ1) is 15.3. The Labute approximate surface area is 123 Å². The van der Waals surface area contributed by atoms with E-state index in [0.717, 1.165) is 6.42 Å². The Morgan fingerprint density at radius 3 is 2.71 bits per heavy atom. The molecule has 1 fully saturated rings. The van der Waals surface area contributed by atoms with Crippen LogP contribution in [0.25, 0.3) is 0 Å². The van der Waals surface area contributed by atoms with Gasteiger partial charge in [0.05, 0.1) is 25.7 Å². The first-order valence-corrected chi connectivity index (χ1v) is 7.06. The molecule has 1 aliphatic rings. The van der Waals surface area contributed by atoms with Crippen LogP contribution in [0.3, 0.4) is 0 Å². The standard InChI is InChI=1S/C15H20N2O4/c1-2-11-3-5-12(6-4-11)16-15(20)17-7-8-21-10-13(17)9-14(18)19/h3-6,13H,2,7-10H2,1H3,(H,16,20)(H,18,19). The Morgan fingerprint density at radius 1 is 1.38 bits per heavy atom. The third kappa shape index (κ3) is 4.19. The van der Waals surface area contributed by atoms with Crippen molar-refractivity contribution in [3.8, 4) is 0 Å². The highest BCUT2D eigenvalue weighted by molar-refractivity contribution is 5.90. The van der Waals surface area contributed by atoms with Gasteiger partial charge in [0.1, 0.15) is 0 Å². The van der Waals surface area contributed by atoms with Crippen molar-refractivity contribution in [2.75, 3.05) is 25.1 Å². The quantitative estimate of drug-likeness (QED) is 0.889. The molecular weight excluding hydrogens is 272 g/mol. The van der Waals surface area contributed by atoms with Gasteiger partial charge in [0.25, 0.3) is 0 Å². The predicted octanol–water partition coefficient (Wildman–Crippen LogP) is 1.96.